The Morgan fingerprint density at radius 3 is 2.32 bits per heavy atom. The van der Waals surface area contributed by atoms with Crippen molar-refractivity contribution >= 4 is 31.6 Å². The third-order valence-electron chi connectivity index (χ3n) is 5.71. The van der Waals surface area contributed by atoms with Crippen molar-refractivity contribution in [3.8, 4) is 22.7 Å². The van der Waals surface area contributed by atoms with Crippen LogP contribution in [0.5, 0.6) is 5.75 Å². The van der Waals surface area contributed by atoms with E-state index in [1.807, 2.05) is 36.4 Å². The Hall–Kier alpha value is -2.44. The van der Waals surface area contributed by atoms with Gasteiger partial charge in [0.1, 0.15) is 11.4 Å². The summed E-state index contributed by atoms with van der Waals surface area (Å²) in [7, 11) is -3.13. The van der Waals surface area contributed by atoms with Crippen LogP contribution < -0.4 is 4.74 Å². The van der Waals surface area contributed by atoms with Gasteiger partial charge in [-0.25, -0.2) is 25.8 Å². The van der Waals surface area contributed by atoms with Gasteiger partial charge < -0.3 is 4.74 Å². The van der Waals surface area contributed by atoms with Gasteiger partial charge in [0.05, 0.1) is 36.5 Å². The van der Waals surface area contributed by atoms with Crippen LogP contribution in [-0.4, -0.2) is 67.9 Å². The first-order valence-corrected chi connectivity index (χ1v) is 14.0. The Labute approximate surface area is 204 Å². The van der Waals surface area contributed by atoms with Gasteiger partial charge in [-0.3, -0.25) is 0 Å². The molecule has 1 aromatic heterocycles. The Kier molecular flexibility index (Phi) is 6.76. The van der Waals surface area contributed by atoms with Crippen molar-refractivity contribution in [2.45, 2.75) is 13.1 Å². The van der Waals surface area contributed by atoms with Crippen molar-refractivity contribution in [1.82, 2.24) is 18.4 Å². The topological polar surface area (TPSA) is 102 Å². The van der Waals surface area contributed by atoms with E-state index in [2.05, 4.69) is 0 Å². The Balaban J connectivity index is 1.73. The molecule has 0 saturated carbocycles. The van der Waals surface area contributed by atoms with Gasteiger partial charge in [-0.15, -0.1) is 0 Å². The Morgan fingerprint density at radius 1 is 1.00 bits per heavy atom. The first-order chi connectivity index (χ1) is 16.0. The molecule has 12 heteroatoms. The van der Waals surface area contributed by atoms with Crippen molar-refractivity contribution in [3.05, 3.63) is 64.8 Å². The van der Waals surface area contributed by atoms with Crippen LogP contribution in [0.4, 0.5) is 0 Å². The average Bonchev–Trinajstić information content (AvgIpc) is 3.37. The smallest absolute Gasteiger partial charge is 0.215 e. The molecule has 2 aromatic carbocycles. The fourth-order valence-corrected chi connectivity index (χ4v) is 6.87. The predicted octanol–water partition coefficient (Wildman–Crippen LogP) is 2.74. The number of nitrogens with zero attached hydrogens (tertiary/aromatic N) is 4. The zero-order chi connectivity index (χ0) is 24.7. The van der Waals surface area contributed by atoms with Crippen LogP contribution in [0.25, 0.3) is 16.9 Å². The molecule has 0 bridgehead atoms. The summed E-state index contributed by atoms with van der Waals surface area (Å²) in [6.45, 7) is 0.148. The molecule has 1 aliphatic heterocycles. The van der Waals surface area contributed by atoms with Crippen LogP contribution in [-0.2, 0) is 33.1 Å². The number of halogens is 1. The minimum atomic E-state index is -3.83. The summed E-state index contributed by atoms with van der Waals surface area (Å²) in [6, 6.07) is 14.7. The van der Waals surface area contributed by atoms with Crippen LogP contribution in [0, 0.1) is 0 Å². The summed E-state index contributed by atoms with van der Waals surface area (Å²) < 4.78 is 59.7. The summed E-state index contributed by atoms with van der Waals surface area (Å²) in [6.07, 6.45) is 0. The normalized spacial score (nSPS) is 14.5. The lowest BCUT2D eigenvalue weighted by Crippen LogP contribution is -2.34. The average molecular weight is 525 g/mol. The van der Waals surface area contributed by atoms with Gasteiger partial charge in [0.25, 0.3) is 0 Å². The fourth-order valence-electron chi connectivity index (χ4n) is 3.79. The second-order valence-electron chi connectivity index (χ2n) is 8.05. The van der Waals surface area contributed by atoms with E-state index in [4.69, 9.17) is 21.4 Å². The van der Waals surface area contributed by atoms with Gasteiger partial charge in [-0.2, -0.15) is 9.40 Å². The largest absolute Gasteiger partial charge is 0.494 e. The highest BCUT2D eigenvalue weighted by Gasteiger charge is 2.36. The highest BCUT2D eigenvalue weighted by molar-refractivity contribution is 7.92. The van der Waals surface area contributed by atoms with Crippen molar-refractivity contribution in [1.29, 1.82) is 0 Å². The summed E-state index contributed by atoms with van der Waals surface area (Å²) in [4.78, 5) is 0. The molecular weight excluding hydrogens is 500 g/mol. The minimum absolute atomic E-state index is 0.0580. The SMILES string of the molecule is COc1ccccc1-n1nc2c(c1-c1ccc(Cl)cc1)CN(S(=O)(=O)CCS(=O)(=O)N(C)C)C2. The first kappa shape index (κ1) is 24.7. The zero-order valence-corrected chi connectivity index (χ0v) is 21.4. The summed E-state index contributed by atoms with van der Waals surface area (Å²) in [5, 5.41) is 5.32. The molecule has 0 fully saturated rings. The molecule has 182 valence electrons. The number of ether oxygens (including phenoxy) is 1. The maximum absolute atomic E-state index is 13.0. The van der Waals surface area contributed by atoms with Crippen molar-refractivity contribution in [2.75, 3.05) is 32.7 Å². The van der Waals surface area contributed by atoms with Crippen molar-refractivity contribution in [3.63, 3.8) is 0 Å². The third kappa shape index (κ3) is 4.71. The maximum Gasteiger partial charge on any atom is 0.215 e. The van der Waals surface area contributed by atoms with Crippen LogP contribution >= 0.6 is 11.6 Å². The molecule has 0 N–H and O–H groups in total. The molecule has 9 nitrogen and oxygen atoms in total. The molecule has 0 radical (unpaired) electrons. The quantitative estimate of drug-likeness (QED) is 0.449. The lowest BCUT2D eigenvalue weighted by molar-refractivity contribution is 0.410. The lowest BCUT2D eigenvalue weighted by atomic mass is 10.1. The van der Waals surface area contributed by atoms with Gasteiger partial charge >= 0.3 is 0 Å². The second-order valence-corrected chi connectivity index (χ2v) is 12.9. The monoisotopic (exact) mass is 524 g/mol. The number of sulfonamides is 2. The number of para-hydroxylation sites is 2. The van der Waals surface area contributed by atoms with Crippen molar-refractivity contribution < 1.29 is 21.6 Å². The number of methoxy groups -OCH3 is 1. The molecule has 1 aliphatic rings. The number of benzene rings is 2. The number of hydrogen-bond acceptors (Lipinski definition) is 6. The van der Waals surface area contributed by atoms with E-state index in [1.165, 1.54) is 18.4 Å². The molecule has 0 unspecified atom stereocenters. The molecule has 0 saturated heterocycles. The maximum atomic E-state index is 13.0. The van der Waals surface area contributed by atoms with Crippen LogP contribution in [0.1, 0.15) is 11.3 Å². The fraction of sp³-hybridized carbons (Fsp3) is 0.318. The van der Waals surface area contributed by atoms with Crippen LogP contribution in [0.15, 0.2) is 48.5 Å². The summed E-state index contributed by atoms with van der Waals surface area (Å²) in [5.74, 6) is -0.361. The van der Waals surface area contributed by atoms with Crippen LogP contribution in [0.3, 0.4) is 0 Å². The third-order valence-corrected chi connectivity index (χ3v) is 9.82. The van der Waals surface area contributed by atoms with E-state index in [-0.39, 0.29) is 13.1 Å². The number of aromatic nitrogens is 2. The molecule has 4 rings (SSSR count). The van der Waals surface area contributed by atoms with E-state index in [1.54, 1.807) is 23.9 Å². The summed E-state index contributed by atoms with van der Waals surface area (Å²) in [5.41, 5.74) is 3.63. The van der Waals surface area contributed by atoms with E-state index in [0.29, 0.717) is 16.5 Å². The highest BCUT2D eigenvalue weighted by Crippen LogP contribution is 2.37. The number of fused-ring (bicyclic) bond motifs is 1. The number of rotatable bonds is 8. The van der Waals surface area contributed by atoms with E-state index in [9.17, 15) is 16.8 Å². The van der Waals surface area contributed by atoms with Gasteiger partial charge in [0.2, 0.25) is 20.0 Å². The lowest BCUT2D eigenvalue weighted by Gasteiger charge is -2.18. The van der Waals surface area contributed by atoms with E-state index < -0.39 is 31.6 Å². The predicted molar refractivity (Wildman–Crippen MR) is 131 cm³/mol. The molecule has 0 amide bonds. The van der Waals surface area contributed by atoms with Gasteiger partial charge in [-0.05, 0) is 24.3 Å². The van der Waals surface area contributed by atoms with Crippen LogP contribution in [0.2, 0.25) is 5.02 Å². The summed E-state index contributed by atoms with van der Waals surface area (Å²) >= 11 is 6.09. The van der Waals surface area contributed by atoms with E-state index >= 15 is 0 Å². The van der Waals surface area contributed by atoms with Crippen molar-refractivity contribution in [2.24, 2.45) is 0 Å². The second kappa shape index (κ2) is 9.31. The van der Waals surface area contributed by atoms with E-state index in [0.717, 1.165) is 26.8 Å². The zero-order valence-electron chi connectivity index (χ0n) is 19.0. The molecule has 0 aliphatic carbocycles. The molecule has 2 heterocycles. The standard InChI is InChI=1S/C22H25ClN4O5S2/c1-25(2)33(28,29)12-13-34(30,31)26-14-18-19(15-26)24-27(20-6-4-5-7-21(20)32-3)22(18)16-8-10-17(23)11-9-16/h4-11H,12-15H2,1-3H3. The molecule has 34 heavy (non-hydrogen) atoms. The number of hydrogen-bond donors (Lipinski definition) is 0. The minimum Gasteiger partial charge on any atom is -0.494 e. The highest BCUT2D eigenvalue weighted by atomic mass is 35.5. The van der Waals surface area contributed by atoms with Gasteiger partial charge in [-0.1, -0.05) is 35.9 Å². The first-order valence-electron chi connectivity index (χ1n) is 10.4. The Morgan fingerprint density at radius 2 is 1.68 bits per heavy atom. The molecular formula is C22H25ClN4O5S2. The van der Waals surface area contributed by atoms with Gasteiger partial charge in [0, 0.05) is 36.8 Å². The van der Waals surface area contributed by atoms with Gasteiger partial charge in [0.15, 0.2) is 0 Å². The molecule has 3 aromatic rings. The molecule has 0 spiro atoms. The Bertz CT molecular complexity index is 1420. The molecule has 0 atom stereocenters.